The Hall–Kier alpha value is -1.53. The Morgan fingerprint density at radius 2 is 1.90 bits per heavy atom. The minimum Gasteiger partial charge on any atom is -0.444 e. The van der Waals surface area contributed by atoms with Crippen molar-refractivity contribution in [2.45, 2.75) is 105 Å². The molecule has 2 aliphatic carbocycles. The smallest absolute Gasteiger partial charge is 0.407 e. The van der Waals surface area contributed by atoms with Gasteiger partial charge in [-0.2, -0.15) is 0 Å². The number of carbonyl (C=O) groups is 1. The molecule has 2 saturated carbocycles. The van der Waals surface area contributed by atoms with Gasteiger partial charge in [0.1, 0.15) is 11.7 Å². The van der Waals surface area contributed by atoms with Crippen molar-refractivity contribution < 1.29 is 19.5 Å². The van der Waals surface area contributed by atoms with Gasteiger partial charge in [-0.05, 0) is 87.9 Å². The fraction of sp³-hybridized carbons (Fsp3) is 0.955. The third kappa shape index (κ3) is 6.22. The van der Waals surface area contributed by atoms with Gasteiger partial charge in [-0.1, -0.05) is 27.7 Å². The van der Waals surface area contributed by atoms with Crippen molar-refractivity contribution >= 4 is 6.09 Å². The van der Waals surface area contributed by atoms with Gasteiger partial charge in [0, 0.05) is 6.54 Å². The molecule has 7 heteroatoms. The molecule has 2 rings (SSSR count). The highest BCUT2D eigenvalue weighted by molar-refractivity contribution is 5.67. The molecule has 0 aliphatic heterocycles. The van der Waals surface area contributed by atoms with E-state index in [4.69, 9.17) is 9.57 Å². The minimum atomic E-state index is -0.616. The summed E-state index contributed by atoms with van der Waals surface area (Å²) < 4.78 is 5.34. The highest BCUT2D eigenvalue weighted by Crippen LogP contribution is 2.65. The van der Waals surface area contributed by atoms with Crippen LogP contribution in [0.3, 0.4) is 0 Å². The summed E-state index contributed by atoms with van der Waals surface area (Å²) in [6.45, 7) is 14.9. The van der Waals surface area contributed by atoms with Gasteiger partial charge in [-0.25, -0.2) is 4.79 Å². The van der Waals surface area contributed by atoms with Crippen molar-refractivity contribution in [3.8, 4) is 0 Å². The number of carbonyl (C=O) groups excluding carboxylic acids is 1. The number of hydrogen-bond acceptors (Lipinski definition) is 5. The molecule has 1 N–H and O–H groups in total. The van der Waals surface area contributed by atoms with Crippen molar-refractivity contribution in [1.29, 1.82) is 0 Å². The van der Waals surface area contributed by atoms with Crippen LogP contribution in [0.15, 0.2) is 0 Å². The van der Waals surface area contributed by atoms with E-state index in [9.17, 15) is 14.9 Å². The normalized spacial score (nSPS) is 35.5. The maximum Gasteiger partial charge on any atom is 0.407 e. The molecule has 7 nitrogen and oxygen atoms in total. The Kier molecular flexibility index (Phi) is 6.80. The molecule has 1 amide bonds. The number of rotatable bonds is 7. The summed E-state index contributed by atoms with van der Waals surface area (Å²) in [5, 5.41) is 13.4. The molecule has 0 aromatic carbocycles. The van der Waals surface area contributed by atoms with Crippen LogP contribution in [0.1, 0.15) is 93.4 Å². The van der Waals surface area contributed by atoms with E-state index in [1.807, 2.05) is 27.7 Å². The maximum absolute atomic E-state index is 12.0. The van der Waals surface area contributed by atoms with E-state index >= 15 is 0 Å². The van der Waals surface area contributed by atoms with Gasteiger partial charge in [0.05, 0.1) is 0 Å². The Morgan fingerprint density at radius 1 is 1.24 bits per heavy atom. The molecule has 2 aliphatic rings. The number of nitrogens with one attached hydrogen (secondary N) is 1. The molecule has 0 radical (unpaired) electrons. The second-order valence-electron chi connectivity index (χ2n) is 11.4. The summed E-state index contributed by atoms with van der Waals surface area (Å²) in [5.74, 6) is 0.530. The monoisotopic (exact) mass is 412 g/mol. The van der Waals surface area contributed by atoms with Gasteiger partial charge in [0.2, 0.25) is 0 Å². The minimum absolute atomic E-state index is 0.00443. The molecule has 5 unspecified atom stereocenters. The van der Waals surface area contributed by atoms with Gasteiger partial charge < -0.3 is 14.9 Å². The first-order valence-electron chi connectivity index (χ1n) is 11.0. The lowest BCUT2D eigenvalue weighted by Crippen LogP contribution is -2.55. The van der Waals surface area contributed by atoms with Crippen LogP contribution >= 0.6 is 0 Å². The number of nitrogens with zero attached hydrogens (tertiary/aromatic N) is 1. The Balaban J connectivity index is 2.15. The molecule has 168 valence electrons. The zero-order chi connectivity index (χ0) is 22.1. The topological polar surface area (TPSA) is 90.7 Å². The second kappa shape index (κ2) is 8.31. The molecule has 2 bridgehead atoms. The number of alkyl carbamates (subject to hydrolysis) is 1. The first kappa shape index (κ1) is 23.7. The third-order valence-electron chi connectivity index (χ3n) is 6.67. The van der Waals surface area contributed by atoms with Gasteiger partial charge >= 0.3 is 6.09 Å². The van der Waals surface area contributed by atoms with E-state index in [1.165, 1.54) is 0 Å². The fourth-order valence-electron chi connectivity index (χ4n) is 6.85. The third-order valence-corrected chi connectivity index (χ3v) is 6.67. The molecular weight excluding hydrogens is 372 g/mol. The molecule has 0 spiro atoms. The summed E-state index contributed by atoms with van der Waals surface area (Å²) in [7, 11) is 0. The molecular formula is C22H40N2O5. The number of amides is 1. The van der Waals surface area contributed by atoms with Crippen molar-refractivity contribution in [3.05, 3.63) is 10.1 Å². The summed E-state index contributed by atoms with van der Waals surface area (Å²) in [6, 6.07) is 0. The zero-order valence-electron chi connectivity index (χ0n) is 19.3. The van der Waals surface area contributed by atoms with E-state index in [0.29, 0.717) is 18.9 Å². The van der Waals surface area contributed by atoms with Crippen LogP contribution in [0.2, 0.25) is 0 Å². The van der Waals surface area contributed by atoms with Crippen LogP contribution in [-0.4, -0.2) is 29.4 Å². The van der Waals surface area contributed by atoms with E-state index in [0.717, 1.165) is 38.5 Å². The molecule has 5 atom stereocenters. The highest BCUT2D eigenvalue weighted by Gasteiger charge is 2.57. The number of hydrogen-bond donors (Lipinski definition) is 1. The first-order valence-corrected chi connectivity index (χ1v) is 11.0. The lowest BCUT2D eigenvalue weighted by atomic mass is 9.45. The highest BCUT2D eigenvalue weighted by atomic mass is 17.0. The van der Waals surface area contributed by atoms with Crippen molar-refractivity contribution in [2.24, 2.45) is 22.2 Å². The summed E-state index contributed by atoms with van der Waals surface area (Å²) in [6.07, 6.45) is 5.73. The average Bonchev–Trinajstić information content (AvgIpc) is 2.47. The van der Waals surface area contributed by atoms with Crippen LogP contribution in [0, 0.1) is 32.3 Å². The van der Waals surface area contributed by atoms with Crippen molar-refractivity contribution in [3.63, 3.8) is 0 Å². The zero-order valence-corrected chi connectivity index (χ0v) is 19.3. The van der Waals surface area contributed by atoms with Crippen LogP contribution in [-0.2, 0) is 9.57 Å². The SMILES string of the molecule is CCC(O[N+](=O)[O-])C12CC(C)CC(C)(CC(C)(CCNC(=O)OC(C)(C)C)C1)C2. The number of ether oxygens (including phenoxy) is 1. The van der Waals surface area contributed by atoms with Crippen LogP contribution in [0.5, 0.6) is 0 Å². The van der Waals surface area contributed by atoms with Gasteiger partial charge in [0.15, 0.2) is 0 Å². The quantitative estimate of drug-likeness (QED) is 0.440. The fourth-order valence-corrected chi connectivity index (χ4v) is 6.85. The molecule has 0 aromatic rings. The lowest BCUT2D eigenvalue weighted by Gasteiger charge is -2.61. The largest absolute Gasteiger partial charge is 0.444 e. The van der Waals surface area contributed by atoms with Crippen molar-refractivity contribution in [1.82, 2.24) is 5.32 Å². The molecule has 29 heavy (non-hydrogen) atoms. The predicted molar refractivity (Wildman–Crippen MR) is 112 cm³/mol. The van der Waals surface area contributed by atoms with E-state index in [1.54, 1.807) is 0 Å². The summed E-state index contributed by atoms with van der Waals surface area (Å²) >= 11 is 0. The van der Waals surface area contributed by atoms with Gasteiger partial charge in [0.25, 0.3) is 5.09 Å². The first-order chi connectivity index (χ1) is 13.2. The van der Waals surface area contributed by atoms with Gasteiger partial charge in [-0.3, -0.25) is 0 Å². The van der Waals surface area contributed by atoms with Crippen LogP contribution in [0.4, 0.5) is 4.79 Å². The van der Waals surface area contributed by atoms with Crippen molar-refractivity contribution in [2.75, 3.05) is 6.54 Å². The van der Waals surface area contributed by atoms with Crippen LogP contribution < -0.4 is 5.32 Å². The van der Waals surface area contributed by atoms with E-state index in [2.05, 4.69) is 26.1 Å². The van der Waals surface area contributed by atoms with Gasteiger partial charge in [-0.15, -0.1) is 10.1 Å². The molecule has 0 heterocycles. The lowest BCUT2D eigenvalue weighted by molar-refractivity contribution is -0.773. The van der Waals surface area contributed by atoms with E-state index in [-0.39, 0.29) is 22.3 Å². The van der Waals surface area contributed by atoms with Crippen LogP contribution in [0.25, 0.3) is 0 Å². The number of fused-ring (bicyclic) bond motifs is 2. The Labute approximate surface area is 175 Å². The average molecular weight is 413 g/mol. The summed E-state index contributed by atoms with van der Waals surface area (Å²) in [5.41, 5.74) is -0.565. The standard InChI is InChI=1S/C22H40N2O5/c1-8-17(29-24(26)27)22-12-16(2)11-21(7,15-22)13-20(6,14-22)9-10-23-18(25)28-19(3,4)5/h16-17H,8-15H2,1-7H3,(H,23,25). The molecule has 0 saturated heterocycles. The molecule has 0 aromatic heterocycles. The summed E-state index contributed by atoms with van der Waals surface area (Å²) in [4.78, 5) is 28.4. The van der Waals surface area contributed by atoms with E-state index < -0.39 is 16.8 Å². The second-order valence-corrected chi connectivity index (χ2v) is 11.4. The predicted octanol–water partition coefficient (Wildman–Crippen LogP) is 5.50. The Bertz CT molecular complexity index is 619. The molecule has 2 fully saturated rings. The maximum atomic E-state index is 12.0. The Morgan fingerprint density at radius 3 is 2.45 bits per heavy atom.